The topological polar surface area (TPSA) is 105 Å². The third-order valence-corrected chi connectivity index (χ3v) is 2.91. The molecule has 0 saturated carbocycles. The molecule has 1 rings (SSSR count). The van der Waals surface area contributed by atoms with E-state index in [1.807, 2.05) is 11.8 Å². The van der Waals surface area contributed by atoms with Crippen LogP contribution in [-0.4, -0.2) is 41.0 Å². The Morgan fingerprint density at radius 2 is 2.22 bits per heavy atom. The summed E-state index contributed by atoms with van der Waals surface area (Å²) in [6, 6.07) is 0. The molecular weight excluding hydrogens is 295 g/mol. The van der Waals surface area contributed by atoms with Gasteiger partial charge in [-0.25, -0.2) is 4.98 Å². The summed E-state index contributed by atoms with van der Waals surface area (Å²) in [5, 5.41) is 2.85. The van der Waals surface area contributed by atoms with Gasteiger partial charge in [-0.3, -0.25) is 10.3 Å². The normalized spacial score (nSPS) is 10.4. The van der Waals surface area contributed by atoms with E-state index in [0.717, 1.165) is 30.2 Å². The lowest BCUT2D eigenvalue weighted by Crippen LogP contribution is -2.22. The minimum Gasteiger partial charge on any atom is -0.370 e. The molecule has 106 valence electrons. The summed E-state index contributed by atoms with van der Waals surface area (Å²) in [6.07, 6.45) is 2.75. The first kappa shape index (κ1) is 19.7. The van der Waals surface area contributed by atoms with Crippen LogP contribution in [0.2, 0.25) is 0 Å². The van der Waals surface area contributed by atoms with Crippen molar-refractivity contribution < 1.29 is 0 Å². The number of hydrogen-bond donors (Lipinski definition) is 4. The molecule has 6 nitrogen and oxygen atoms in total. The summed E-state index contributed by atoms with van der Waals surface area (Å²) in [5.74, 6) is 3.01. The highest BCUT2D eigenvalue weighted by molar-refractivity contribution is 7.99. The zero-order chi connectivity index (χ0) is 11.8. The summed E-state index contributed by atoms with van der Waals surface area (Å²) in [7, 11) is 1.62. The smallest absolute Gasteiger partial charge is 0.207 e. The minimum atomic E-state index is 0. The predicted octanol–water partition coefficient (Wildman–Crippen LogP) is 0.844. The van der Waals surface area contributed by atoms with Crippen molar-refractivity contribution in [3.05, 3.63) is 11.9 Å². The van der Waals surface area contributed by atoms with Gasteiger partial charge in [-0.2, -0.15) is 11.8 Å². The molecule has 0 radical (unpaired) electrons. The van der Waals surface area contributed by atoms with Crippen molar-refractivity contribution in [1.29, 1.82) is 0 Å². The molecule has 1 aromatic rings. The van der Waals surface area contributed by atoms with Gasteiger partial charge < -0.3 is 16.5 Å². The van der Waals surface area contributed by atoms with Crippen LogP contribution >= 0.6 is 36.6 Å². The first-order valence-electron chi connectivity index (χ1n) is 5.07. The Morgan fingerprint density at radius 3 is 2.83 bits per heavy atom. The lowest BCUT2D eigenvalue weighted by molar-refractivity contribution is 1.07. The number of aromatic nitrogens is 2. The molecule has 0 fully saturated rings. The minimum absolute atomic E-state index is 0. The van der Waals surface area contributed by atoms with Crippen LogP contribution < -0.4 is 16.8 Å². The van der Waals surface area contributed by atoms with E-state index in [-0.39, 0.29) is 24.8 Å². The van der Waals surface area contributed by atoms with Crippen LogP contribution in [0, 0.1) is 0 Å². The molecule has 1 aromatic heterocycles. The van der Waals surface area contributed by atoms with E-state index in [1.165, 1.54) is 0 Å². The van der Waals surface area contributed by atoms with E-state index in [9.17, 15) is 0 Å². The predicted molar refractivity (Wildman–Crippen MR) is 84.3 cm³/mol. The largest absolute Gasteiger partial charge is 0.370 e. The first-order valence-corrected chi connectivity index (χ1v) is 6.22. The molecule has 1 heterocycles. The van der Waals surface area contributed by atoms with Crippen molar-refractivity contribution in [1.82, 2.24) is 9.97 Å². The standard InChI is InChI=1S/C9H18N6S.2ClH/c1-12-8(11)15-9-13-6-7(14-9)2-4-16-5-3-10;;/h6H,2-5,10H2,1H3,(H4,11,12,13,14,15);2*1H. The number of aryl methyl sites for hydroxylation is 1. The van der Waals surface area contributed by atoms with Crippen LogP contribution in [0.15, 0.2) is 11.2 Å². The molecule has 0 unspecified atom stereocenters. The number of rotatable bonds is 6. The number of nitrogens with zero attached hydrogens (tertiary/aromatic N) is 2. The third-order valence-electron chi connectivity index (χ3n) is 1.89. The van der Waals surface area contributed by atoms with Gasteiger partial charge >= 0.3 is 0 Å². The third kappa shape index (κ3) is 7.65. The monoisotopic (exact) mass is 314 g/mol. The number of halogens is 2. The fraction of sp³-hybridized carbons (Fsp3) is 0.556. The van der Waals surface area contributed by atoms with E-state index in [2.05, 4.69) is 20.3 Å². The number of aliphatic imine (C=N–C) groups is 1. The Morgan fingerprint density at radius 1 is 1.50 bits per heavy atom. The van der Waals surface area contributed by atoms with Crippen molar-refractivity contribution in [2.24, 2.45) is 16.5 Å². The zero-order valence-electron chi connectivity index (χ0n) is 10.2. The average Bonchev–Trinajstić information content (AvgIpc) is 2.72. The van der Waals surface area contributed by atoms with Gasteiger partial charge in [0.1, 0.15) is 0 Å². The molecule has 0 aliphatic carbocycles. The van der Waals surface area contributed by atoms with Gasteiger partial charge in [-0.05, 0) is 12.2 Å². The fourth-order valence-corrected chi connectivity index (χ4v) is 1.83. The highest BCUT2D eigenvalue weighted by Crippen LogP contribution is 2.06. The van der Waals surface area contributed by atoms with Crippen molar-refractivity contribution in [3.63, 3.8) is 0 Å². The number of H-pyrrole nitrogens is 1. The summed E-state index contributed by atoms with van der Waals surface area (Å²) in [4.78, 5) is 11.1. The molecule has 6 N–H and O–H groups in total. The van der Waals surface area contributed by atoms with Crippen molar-refractivity contribution >= 4 is 48.5 Å². The Labute approximate surface area is 124 Å². The number of aromatic amines is 1. The molecular formula is C9H20Cl2N6S. The van der Waals surface area contributed by atoms with Crippen LogP contribution in [0.4, 0.5) is 5.95 Å². The molecule has 0 bridgehead atoms. The summed E-state index contributed by atoms with van der Waals surface area (Å²) in [6.45, 7) is 0.726. The van der Waals surface area contributed by atoms with Crippen molar-refractivity contribution in [3.8, 4) is 0 Å². The molecule has 0 atom stereocenters. The van der Waals surface area contributed by atoms with Gasteiger partial charge in [0.2, 0.25) is 5.95 Å². The average molecular weight is 315 g/mol. The van der Waals surface area contributed by atoms with Crippen LogP contribution in [-0.2, 0) is 6.42 Å². The zero-order valence-corrected chi connectivity index (χ0v) is 12.6. The van der Waals surface area contributed by atoms with Gasteiger partial charge in [0.05, 0.1) is 6.20 Å². The molecule has 0 amide bonds. The molecule has 0 spiro atoms. The Balaban J connectivity index is 0. The quantitative estimate of drug-likeness (QED) is 0.354. The van der Waals surface area contributed by atoms with Crippen LogP contribution in [0.25, 0.3) is 0 Å². The maximum atomic E-state index is 5.51. The van der Waals surface area contributed by atoms with Gasteiger partial charge in [0.25, 0.3) is 0 Å². The molecule has 9 heteroatoms. The van der Waals surface area contributed by atoms with E-state index >= 15 is 0 Å². The Bertz CT molecular complexity index is 344. The second-order valence-electron chi connectivity index (χ2n) is 3.14. The molecule has 18 heavy (non-hydrogen) atoms. The highest BCUT2D eigenvalue weighted by atomic mass is 35.5. The van der Waals surface area contributed by atoms with Crippen LogP contribution in [0.5, 0.6) is 0 Å². The van der Waals surface area contributed by atoms with E-state index in [1.54, 1.807) is 13.2 Å². The number of thioether (sulfide) groups is 1. The van der Waals surface area contributed by atoms with Crippen molar-refractivity contribution in [2.45, 2.75) is 6.42 Å². The second-order valence-corrected chi connectivity index (χ2v) is 4.37. The first-order chi connectivity index (χ1) is 7.76. The number of hydrogen-bond acceptors (Lipinski definition) is 4. The number of anilines is 1. The molecule has 0 aromatic carbocycles. The van der Waals surface area contributed by atoms with Gasteiger partial charge in [0, 0.05) is 25.0 Å². The Kier molecular flexibility index (Phi) is 12.5. The highest BCUT2D eigenvalue weighted by Gasteiger charge is 2.01. The number of nitrogens with two attached hydrogens (primary N) is 2. The van der Waals surface area contributed by atoms with Crippen LogP contribution in [0.1, 0.15) is 5.69 Å². The fourth-order valence-electron chi connectivity index (χ4n) is 1.09. The van der Waals surface area contributed by atoms with Crippen molar-refractivity contribution in [2.75, 3.05) is 30.4 Å². The second kappa shape index (κ2) is 11.5. The maximum absolute atomic E-state index is 5.51. The summed E-state index contributed by atoms with van der Waals surface area (Å²) in [5.41, 5.74) is 12.0. The number of imidazole rings is 1. The van der Waals surface area contributed by atoms with E-state index < -0.39 is 0 Å². The lowest BCUT2D eigenvalue weighted by atomic mass is 10.4. The summed E-state index contributed by atoms with van der Waals surface area (Å²) < 4.78 is 0. The number of guanidine groups is 1. The Hall–Kier alpha value is -0.630. The maximum Gasteiger partial charge on any atom is 0.207 e. The van der Waals surface area contributed by atoms with Crippen LogP contribution in [0.3, 0.4) is 0 Å². The molecule has 0 aliphatic heterocycles. The summed E-state index contributed by atoms with van der Waals surface area (Å²) >= 11 is 1.83. The molecule has 0 aliphatic rings. The number of nitrogens with one attached hydrogen (secondary N) is 2. The SMILES string of the molecule is CN=C(N)Nc1ncc(CCSCCN)[nH]1.Cl.Cl. The van der Waals surface area contributed by atoms with E-state index in [4.69, 9.17) is 11.5 Å². The van der Waals surface area contributed by atoms with E-state index in [0.29, 0.717) is 11.9 Å². The van der Waals surface area contributed by atoms with Gasteiger partial charge in [0.15, 0.2) is 5.96 Å². The van der Waals surface area contributed by atoms with Gasteiger partial charge in [-0.1, -0.05) is 0 Å². The van der Waals surface area contributed by atoms with Gasteiger partial charge in [-0.15, -0.1) is 24.8 Å². The lowest BCUT2D eigenvalue weighted by Gasteiger charge is -2.00. The molecule has 0 saturated heterocycles.